The number of pyridine rings is 2. The molecule has 12 heteroatoms. The number of halogens is 3. The Labute approximate surface area is 198 Å². The summed E-state index contributed by atoms with van der Waals surface area (Å²) in [5, 5.41) is 0.356. The SMILES string of the molecule is C[C@@H]1OCC2(CCN(c3cnc4nc(Sc5ccnc(N)c5C(F)(F)F)ccc4n3)CC2)[C@@H]1N. The zero-order valence-corrected chi connectivity index (χ0v) is 19.2. The van der Waals surface area contributed by atoms with Crippen molar-refractivity contribution in [3.8, 4) is 0 Å². The van der Waals surface area contributed by atoms with Crippen molar-refractivity contribution in [2.24, 2.45) is 11.1 Å². The van der Waals surface area contributed by atoms with E-state index < -0.39 is 17.6 Å². The van der Waals surface area contributed by atoms with Gasteiger partial charge in [0.2, 0.25) is 0 Å². The molecule has 0 unspecified atom stereocenters. The van der Waals surface area contributed by atoms with Crippen molar-refractivity contribution >= 4 is 34.6 Å². The predicted octanol–water partition coefficient (Wildman–Crippen LogP) is 3.50. The first-order valence-electron chi connectivity index (χ1n) is 10.9. The Balaban J connectivity index is 1.34. The van der Waals surface area contributed by atoms with E-state index in [2.05, 4.69) is 24.8 Å². The molecular weight excluding hydrogens is 467 g/mol. The monoisotopic (exact) mass is 491 g/mol. The number of hydrogen-bond acceptors (Lipinski definition) is 9. The second kappa shape index (κ2) is 8.51. The van der Waals surface area contributed by atoms with Crippen LogP contribution < -0.4 is 16.4 Å². The zero-order valence-electron chi connectivity index (χ0n) is 18.4. The summed E-state index contributed by atoms with van der Waals surface area (Å²) < 4.78 is 46.1. The van der Waals surface area contributed by atoms with Gasteiger partial charge < -0.3 is 21.1 Å². The summed E-state index contributed by atoms with van der Waals surface area (Å²) in [6.45, 7) is 4.31. The molecule has 2 aliphatic rings. The van der Waals surface area contributed by atoms with Gasteiger partial charge in [-0.3, -0.25) is 0 Å². The lowest BCUT2D eigenvalue weighted by Gasteiger charge is -2.41. The molecule has 0 radical (unpaired) electrons. The summed E-state index contributed by atoms with van der Waals surface area (Å²) >= 11 is 0.860. The van der Waals surface area contributed by atoms with Crippen LogP contribution in [0.1, 0.15) is 25.3 Å². The molecule has 1 spiro atoms. The van der Waals surface area contributed by atoms with E-state index in [4.69, 9.17) is 16.2 Å². The van der Waals surface area contributed by atoms with Crippen LogP contribution in [0.4, 0.5) is 24.8 Å². The number of aromatic nitrogens is 4. The molecule has 0 amide bonds. The Bertz CT molecular complexity index is 1220. The lowest BCUT2D eigenvalue weighted by molar-refractivity contribution is -0.139. The molecule has 4 N–H and O–H groups in total. The maximum atomic E-state index is 13.4. The molecule has 180 valence electrons. The van der Waals surface area contributed by atoms with E-state index in [9.17, 15) is 13.2 Å². The number of anilines is 2. The number of ether oxygens (including phenoxy) is 1. The van der Waals surface area contributed by atoms with Crippen LogP contribution in [0.3, 0.4) is 0 Å². The third kappa shape index (κ3) is 4.14. The first-order chi connectivity index (χ1) is 16.2. The van der Waals surface area contributed by atoms with Crippen molar-refractivity contribution in [3.05, 3.63) is 36.2 Å². The van der Waals surface area contributed by atoms with E-state index in [0.717, 1.165) is 43.5 Å². The second-order valence-electron chi connectivity index (χ2n) is 8.78. The van der Waals surface area contributed by atoms with Gasteiger partial charge in [0.15, 0.2) is 5.65 Å². The van der Waals surface area contributed by atoms with Gasteiger partial charge in [0.1, 0.15) is 27.7 Å². The number of rotatable bonds is 3. The highest BCUT2D eigenvalue weighted by Gasteiger charge is 2.47. The van der Waals surface area contributed by atoms with E-state index in [1.807, 2.05) is 6.92 Å². The molecule has 5 rings (SSSR count). The van der Waals surface area contributed by atoms with Gasteiger partial charge in [-0.1, -0.05) is 11.8 Å². The van der Waals surface area contributed by atoms with Gasteiger partial charge in [-0.05, 0) is 38.0 Å². The Morgan fingerprint density at radius 2 is 1.91 bits per heavy atom. The normalized spacial score (nSPS) is 22.6. The fourth-order valence-electron chi connectivity index (χ4n) is 4.68. The van der Waals surface area contributed by atoms with Crippen molar-refractivity contribution in [1.82, 2.24) is 19.9 Å². The largest absolute Gasteiger partial charge is 0.421 e. The highest BCUT2D eigenvalue weighted by molar-refractivity contribution is 7.99. The molecule has 5 heterocycles. The van der Waals surface area contributed by atoms with E-state index >= 15 is 0 Å². The van der Waals surface area contributed by atoms with E-state index in [1.165, 1.54) is 12.3 Å². The standard InChI is InChI=1S/C22H24F3N7OS/c1-12-18(26)21(11-33-12)5-8-32(9-6-21)15-10-29-20-13(30-15)2-3-16(31-20)34-14-4-7-28-19(27)17(14)22(23,24)25/h2-4,7,10,12,18H,5-6,8-9,11,26H2,1H3,(H2,27,28)/t12-,18+/m0/s1. The van der Waals surface area contributed by atoms with Crippen LogP contribution in [-0.4, -0.2) is 51.8 Å². The molecule has 0 saturated carbocycles. The molecular formula is C22H24F3N7OS. The molecule has 0 aromatic carbocycles. The third-order valence-electron chi connectivity index (χ3n) is 6.74. The fourth-order valence-corrected chi connectivity index (χ4v) is 5.63. The number of hydrogen-bond donors (Lipinski definition) is 2. The van der Waals surface area contributed by atoms with E-state index in [0.29, 0.717) is 22.8 Å². The first-order valence-corrected chi connectivity index (χ1v) is 11.7. The van der Waals surface area contributed by atoms with Gasteiger partial charge in [0.05, 0.1) is 18.9 Å². The zero-order chi connectivity index (χ0) is 24.1. The number of fused-ring (bicyclic) bond motifs is 1. The number of nitrogen functional groups attached to an aromatic ring is 1. The van der Waals surface area contributed by atoms with Gasteiger partial charge in [-0.15, -0.1) is 0 Å². The maximum absolute atomic E-state index is 13.4. The minimum atomic E-state index is -4.62. The first kappa shape index (κ1) is 23.1. The highest BCUT2D eigenvalue weighted by Crippen LogP contribution is 2.43. The quantitative estimate of drug-likeness (QED) is 0.568. The van der Waals surface area contributed by atoms with Crippen molar-refractivity contribution in [3.63, 3.8) is 0 Å². The fraction of sp³-hybridized carbons (Fsp3) is 0.455. The Morgan fingerprint density at radius 3 is 2.59 bits per heavy atom. The molecule has 0 bridgehead atoms. The minimum absolute atomic E-state index is 0.0134. The summed E-state index contributed by atoms with van der Waals surface area (Å²) in [6.07, 6.45) is 0.188. The Hall–Kier alpha value is -2.70. The lowest BCUT2D eigenvalue weighted by atomic mass is 9.73. The number of piperidine rings is 1. The Kier molecular flexibility index (Phi) is 5.77. The van der Waals surface area contributed by atoms with Crippen LogP contribution in [0.25, 0.3) is 11.2 Å². The van der Waals surface area contributed by atoms with Crippen LogP contribution in [0.5, 0.6) is 0 Å². The summed E-state index contributed by atoms with van der Waals surface area (Å²) in [6, 6.07) is 4.65. The van der Waals surface area contributed by atoms with Gasteiger partial charge in [-0.2, -0.15) is 13.2 Å². The van der Waals surface area contributed by atoms with Crippen molar-refractivity contribution in [2.45, 2.75) is 48.0 Å². The Morgan fingerprint density at radius 1 is 1.15 bits per heavy atom. The van der Waals surface area contributed by atoms with Crippen molar-refractivity contribution < 1.29 is 17.9 Å². The summed E-state index contributed by atoms with van der Waals surface area (Å²) in [5.74, 6) is 0.178. The predicted molar refractivity (Wildman–Crippen MR) is 122 cm³/mol. The second-order valence-corrected chi connectivity index (χ2v) is 9.84. The highest BCUT2D eigenvalue weighted by atomic mass is 32.2. The number of alkyl halides is 3. The van der Waals surface area contributed by atoms with Gasteiger partial charge in [-0.25, -0.2) is 19.9 Å². The number of nitrogens with zero attached hydrogens (tertiary/aromatic N) is 5. The smallest absolute Gasteiger partial charge is 0.383 e. The lowest BCUT2D eigenvalue weighted by Crippen LogP contribution is -2.50. The third-order valence-corrected chi connectivity index (χ3v) is 7.73. The average molecular weight is 492 g/mol. The summed E-state index contributed by atoms with van der Waals surface area (Å²) in [7, 11) is 0. The van der Waals surface area contributed by atoms with Crippen LogP contribution in [0.2, 0.25) is 0 Å². The molecule has 2 aliphatic heterocycles. The molecule has 2 atom stereocenters. The summed E-state index contributed by atoms with van der Waals surface area (Å²) in [5.41, 5.74) is 11.9. The van der Waals surface area contributed by atoms with E-state index in [1.54, 1.807) is 18.3 Å². The van der Waals surface area contributed by atoms with Crippen LogP contribution in [0, 0.1) is 5.41 Å². The van der Waals surface area contributed by atoms with Gasteiger partial charge in [0, 0.05) is 35.6 Å². The molecule has 0 aliphatic carbocycles. The average Bonchev–Trinajstić information content (AvgIpc) is 3.07. The van der Waals surface area contributed by atoms with Gasteiger partial charge in [0.25, 0.3) is 0 Å². The summed E-state index contributed by atoms with van der Waals surface area (Å²) in [4.78, 5) is 19.2. The van der Waals surface area contributed by atoms with Gasteiger partial charge >= 0.3 is 6.18 Å². The van der Waals surface area contributed by atoms with Crippen molar-refractivity contribution in [1.29, 1.82) is 0 Å². The molecule has 2 fully saturated rings. The van der Waals surface area contributed by atoms with E-state index in [-0.39, 0.29) is 22.5 Å². The van der Waals surface area contributed by atoms with Crippen LogP contribution in [0.15, 0.2) is 40.5 Å². The molecule has 3 aromatic rings. The topological polar surface area (TPSA) is 116 Å². The van der Waals surface area contributed by atoms with Crippen molar-refractivity contribution in [2.75, 3.05) is 30.3 Å². The molecule has 2 saturated heterocycles. The van der Waals surface area contributed by atoms with Crippen LogP contribution in [-0.2, 0) is 10.9 Å². The molecule has 34 heavy (non-hydrogen) atoms. The molecule has 8 nitrogen and oxygen atoms in total. The number of nitrogens with two attached hydrogens (primary N) is 2. The van der Waals surface area contributed by atoms with Crippen LogP contribution >= 0.6 is 11.8 Å². The molecule has 3 aromatic heterocycles. The minimum Gasteiger partial charge on any atom is -0.383 e. The maximum Gasteiger partial charge on any atom is 0.421 e.